The number of hydrogen-bond donors (Lipinski definition) is 1. The van der Waals surface area contributed by atoms with Gasteiger partial charge in [-0.3, -0.25) is 4.79 Å². The summed E-state index contributed by atoms with van der Waals surface area (Å²) in [6.07, 6.45) is 1.27. The van der Waals surface area contributed by atoms with E-state index in [1.54, 1.807) is 4.90 Å². The van der Waals surface area contributed by atoms with E-state index in [9.17, 15) is 9.90 Å². The first-order chi connectivity index (χ1) is 10.6. The van der Waals surface area contributed by atoms with Crippen molar-refractivity contribution in [1.82, 2.24) is 9.47 Å². The highest BCUT2D eigenvalue weighted by Gasteiger charge is 2.22. The van der Waals surface area contributed by atoms with Gasteiger partial charge in [0.1, 0.15) is 0 Å². The predicted molar refractivity (Wildman–Crippen MR) is 86.4 cm³/mol. The van der Waals surface area contributed by atoms with Crippen LogP contribution in [0.1, 0.15) is 34.6 Å². The molecule has 1 fully saturated rings. The largest absolute Gasteiger partial charge is 0.391 e. The molecule has 2 aromatic rings. The number of piperidine rings is 1. The van der Waals surface area contributed by atoms with E-state index in [2.05, 4.69) is 30.5 Å². The normalized spacial score (nSPS) is 18.5. The third kappa shape index (κ3) is 2.79. The van der Waals surface area contributed by atoms with Crippen LogP contribution < -0.4 is 0 Å². The molecule has 1 atom stereocenters. The van der Waals surface area contributed by atoms with Gasteiger partial charge in [0.05, 0.1) is 6.10 Å². The minimum absolute atomic E-state index is 0.00579. The van der Waals surface area contributed by atoms with Crippen molar-refractivity contribution in [2.75, 3.05) is 13.1 Å². The molecule has 1 saturated heterocycles. The Hall–Kier alpha value is -2.07. The van der Waals surface area contributed by atoms with E-state index >= 15 is 0 Å². The molecule has 1 aliphatic heterocycles. The minimum Gasteiger partial charge on any atom is -0.391 e. The lowest BCUT2D eigenvalue weighted by atomic mass is 10.1. The zero-order chi connectivity index (χ0) is 15.7. The molecule has 1 amide bonds. The number of β-amino-alcohol motifs (C(OH)–C–C–N with tert-alkyl or cyclic N) is 1. The summed E-state index contributed by atoms with van der Waals surface area (Å²) in [5, 5.41) is 9.71. The second-order valence-corrected chi connectivity index (χ2v) is 6.05. The Bertz CT molecular complexity index is 653. The molecule has 1 unspecified atom stereocenters. The number of rotatable bonds is 2. The Morgan fingerprint density at radius 1 is 1.09 bits per heavy atom. The molecule has 116 valence electrons. The molecule has 1 aliphatic rings. The molecule has 1 aromatic carbocycles. The second-order valence-electron chi connectivity index (χ2n) is 6.05. The van der Waals surface area contributed by atoms with Crippen LogP contribution >= 0.6 is 0 Å². The molecule has 2 heterocycles. The fourth-order valence-electron chi connectivity index (χ4n) is 3.15. The number of hydrogen-bond acceptors (Lipinski definition) is 2. The van der Waals surface area contributed by atoms with Gasteiger partial charge in [-0.1, -0.05) is 0 Å². The summed E-state index contributed by atoms with van der Waals surface area (Å²) in [6.45, 7) is 5.31. The van der Waals surface area contributed by atoms with Crippen LogP contribution in [-0.4, -0.2) is 39.7 Å². The maximum Gasteiger partial charge on any atom is 0.253 e. The average molecular weight is 298 g/mol. The highest BCUT2D eigenvalue weighted by Crippen LogP contribution is 2.19. The standard InChI is InChI=1S/C18H22N2O2/c1-13-5-6-14(2)20(13)16-9-7-15(8-10-16)18(22)19-11-3-4-17(21)12-19/h5-10,17,21H,3-4,11-12H2,1-2H3. The molecular weight excluding hydrogens is 276 g/mol. The van der Waals surface area contributed by atoms with Gasteiger partial charge < -0.3 is 14.6 Å². The van der Waals surface area contributed by atoms with Crippen molar-refractivity contribution in [3.63, 3.8) is 0 Å². The first-order valence-corrected chi connectivity index (χ1v) is 7.79. The van der Waals surface area contributed by atoms with Crippen molar-refractivity contribution in [2.24, 2.45) is 0 Å². The molecule has 1 N–H and O–H groups in total. The first kappa shape index (κ1) is 14.9. The minimum atomic E-state index is -0.387. The van der Waals surface area contributed by atoms with Gasteiger partial charge in [0.25, 0.3) is 5.91 Å². The second kappa shape index (κ2) is 5.97. The van der Waals surface area contributed by atoms with E-state index in [-0.39, 0.29) is 12.0 Å². The molecule has 0 saturated carbocycles. The summed E-state index contributed by atoms with van der Waals surface area (Å²) in [5.74, 6) is 0.00579. The average Bonchev–Trinajstić information content (AvgIpc) is 2.86. The number of likely N-dealkylation sites (tertiary alicyclic amines) is 1. The predicted octanol–water partition coefficient (Wildman–Crippen LogP) is 2.69. The van der Waals surface area contributed by atoms with Crippen LogP contribution in [-0.2, 0) is 0 Å². The molecule has 22 heavy (non-hydrogen) atoms. The number of carbonyl (C=O) groups excluding carboxylic acids is 1. The summed E-state index contributed by atoms with van der Waals surface area (Å²) in [5.41, 5.74) is 4.10. The molecule has 4 nitrogen and oxygen atoms in total. The van der Waals surface area contributed by atoms with E-state index in [4.69, 9.17) is 0 Å². The Kier molecular flexibility index (Phi) is 4.03. The van der Waals surface area contributed by atoms with Gasteiger partial charge in [0.2, 0.25) is 0 Å². The molecule has 0 radical (unpaired) electrons. The van der Waals surface area contributed by atoms with Crippen molar-refractivity contribution in [2.45, 2.75) is 32.8 Å². The van der Waals surface area contributed by atoms with Gasteiger partial charge in [-0.25, -0.2) is 0 Å². The number of aromatic nitrogens is 1. The molecule has 0 aliphatic carbocycles. The quantitative estimate of drug-likeness (QED) is 0.926. The van der Waals surface area contributed by atoms with Crippen molar-refractivity contribution in [1.29, 1.82) is 0 Å². The van der Waals surface area contributed by atoms with Gasteiger partial charge >= 0.3 is 0 Å². The molecule has 0 spiro atoms. The van der Waals surface area contributed by atoms with Crippen molar-refractivity contribution < 1.29 is 9.90 Å². The third-order valence-electron chi connectivity index (χ3n) is 4.33. The zero-order valence-corrected chi connectivity index (χ0v) is 13.1. The summed E-state index contributed by atoms with van der Waals surface area (Å²) >= 11 is 0. The summed E-state index contributed by atoms with van der Waals surface area (Å²) < 4.78 is 2.17. The summed E-state index contributed by atoms with van der Waals surface area (Å²) in [4.78, 5) is 14.2. The lowest BCUT2D eigenvalue weighted by Gasteiger charge is -2.30. The molecule has 4 heteroatoms. The monoisotopic (exact) mass is 298 g/mol. The van der Waals surface area contributed by atoms with Crippen molar-refractivity contribution in [3.05, 3.63) is 53.3 Å². The Balaban J connectivity index is 1.81. The van der Waals surface area contributed by atoms with Crippen LogP contribution in [0, 0.1) is 13.8 Å². The molecule has 1 aromatic heterocycles. The number of amides is 1. The number of carbonyl (C=O) groups is 1. The van der Waals surface area contributed by atoms with Gasteiger partial charge in [-0.2, -0.15) is 0 Å². The van der Waals surface area contributed by atoms with Gasteiger partial charge in [0, 0.05) is 35.7 Å². The zero-order valence-electron chi connectivity index (χ0n) is 13.1. The maximum absolute atomic E-state index is 12.5. The Morgan fingerprint density at radius 2 is 1.73 bits per heavy atom. The fraction of sp³-hybridized carbons (Fsp3) is 0.389. The SMILES string of the molecule is Cc1ccc(C)n1-c1ccc(C(=O)N2CCCC(O)C2)cc1. The summed E-state index contributed by atoms with van der Waals surface area (Å²) in [6, 6.07) is 11.9. The number of nitrogens with zero attached hydrogens (tertiary/aromatic N) is 2. The topological polar surface area (TPSA) is 45.5 Å². The highest BCUT2D eigenvalue weighted by atomic mass is 16.3. The number of aliphatic hydroxyl groups is 1. The highest BCUT2D eigenvalue weighted by molar-refractivity contribution is 5.94. The molecular formula is C18H22N2O2. The summed E-state index contributed by atoms with van der Waals surface area (Å²) in [7, 11) is 0. The fourth-order valence-corrected chi connectivity index (χ4v) is 3.15. The van der Waals surface area contributed by atoms with E-state index in [1.807, 2.05) is 24.3 Å². The Labute approximate surface area is 131 Å². The first-order valence-electron chi connectivity index (χ1n) is 7.79. The smallest absolute Gasteiger partial charge is 0.253 e. The lowest BCUT2D eigenvalue weighted by molar-refractivity contribution is 0.0474. The number of benzene rings is 1. The van der Waals surface area contributed by atoms with Crippen LogP contribution in [0.5, 0.6) is 0 Å². The van der Waals surface area contributed by atoms with E-state index in [1.165, 1.54) is 11.4 Å². The van der Waals surface area contributed by atoms with Crippen LogP contribution in [0.15, 0.2) is 36.4 Å². The van der Waals surface area contributed by atoms with Gasteiger partial charge in [-0.05, 0) is 63.1 Å². The maximum atomic E-state index is 12.5. The van der Waals surface area contributed by atoms with Crippen LogP contribution in [0.3, 0.4) is 0 Å². The number of aryl methyl sites for hydroxylation is 2. The number of aliphatic hydroxyl groups excluding tert-OH is 1. The molecule has 3 rings (SSSR count). The van der Waals surface area contributed by atoms with Crippen molar-refractivity contribution >= 4 is 5.91 Å². The van der Waals surface area contributed by atoms with Gasteiger partial charge in [0.15, 0.2) is 0 Å². The van der Waals surface area contributed by atoms with Crippen LogP contribution in [0.25, 0.3) is 5.69 Å². The lowest BCUT2D eigenvalue weighted by Crippen LogP contribution is -2.42. The van der Waals surface area contributed by atoms with E-state index < -0.39 is 0 Å². The Morgan fingerprint density at radius 3 is 2.32 bits per heavy atom. The molecule has 0 bridgehead atoms. The van der Waals surface area contributed by atoms with Crippen LogP contribution in [0.4, 0.5) is 0 Å². The van der Waals surface area contributed by atoms with E-state index in [0.29, 0.717) is 12.1 Å². The van der Waals surface area contributed by atoms with E-state index in [0.717, 1.165) is 25.1 Å². The van der Waals surface area contributed by atoms with Crippen molar-refractivity contribution in [3.8, 4) is 5.69 Å². The van der Waals surface area contributed by atoms with Crippen LogP contribution in [0.2, 0.25) is 0 Å². The third-order valence-corrected chi connectivity index (χ3v) is 4.33. The van der Waals surface area contributed by atoms with Gasteiger partial charge in [-0.15, -0.1) is 0 Å².